The first-order valence-electron chi connectivity index (χ1n) is 7.43. The number of benzene rings is 3. The Bertz CT molecular complexity index is 787. The molecule has 0 unspecified atom stereocenters. The monoisotopic (exact) mass is 285 g/mol. The lowest BCUT2D eigenvalue weighted by Gasteiger charge is -2.12. The molecule has 1 heteroatoms. The summed E-state index contributed by atoms with van der Waals surface area (Å²) in [5.41, 5.74) is 12.8. The first-order chi connectivity index (χ1) is 10.7. The Morgan fingerprint density at radius 1 is 0.818 bits per heavy atom. The molecule has 0 heterocycles. The van der Waals surface area contributed by atoms with E-state index in [1.807, 2.05) is 30.3 Å². The second kappa shape index (κ2) is 6.31. The Morgan fingerprint density at radius 3 is 2.09 bits per heavy atom. The molecule has 3 rings (SSSR count). The van der Waals surface area contributed by atoms with Crippen LogP contribution < -0.4 is 5.73 Å². The number of aryl methyl sites for hydroxylation is 1. The van der Waals surface area contributed by atoms with Gasteiger partial charge in [0.25, 0.3) is 0 Å². The lowest BCUT2D eigenvalue weighted by atomic mass is 9.94. The molecule has 0 atom stereocenters. The molecule has 2 N–H and O–H groups in total. The standard InChI is InChI=1S/C21H19N/c1-16-12-13-19(21(22)14-16)20(18-10-6-3-7-11-18)15-17-8-4-2-5-9-17/h2-15H,22H2,1H3/b20-15+. The highest BCUT2D eigenvalue weighted by Crippen LogP contribution is 2.30. The Balaban J connectivity index is 2.17. The molecular weight excluding hydrogens is 266 g/mol. The molecule has 0 aliphatic rings. The van der Waals surface area contributed by atoms with Crippen molar-refractivity contribution in [1.82, 2.24) is 0 Å². The molecule has 0 saturated carbocycles. The second-order valence-corrected chi connectivity index (χ2v) is 5.43. The van der Waals surface area contributed by atoms with Crippen LogP contribution in [0.4, 0.5) is 5.69 Å². The maximum absolute atomic E-state index is 6.27. The summed E-state index contributed by atoms with van der Waals surface area (Å²) in [6.45, 7) is 2.06. The first-order valence-corrected chi connectivity index (χ1v) is 7.43. The zero-order valence-electron chi connectivity index (χ0n) is 12.7. The Hall–Kier alpha value is -2.80. The van der Waals surface area contributed by atoms with Crippen molar-refractivity contribution in [3.05, 3.63) is 101 Å². The molecule has 0 fully saturated rings. The molecule has 0 bridgehead atoms. The van der Waals surface area contributed by atoms with Gasteiger partial charge in [0.05, 0.1) is 0 Å². The molecule has 0 amide bonds. The predicted molar refractivity (Wildman–Crippen MR) is 95.4 cm³/mol. The predicted octanol–water partition coefficient (Wildman–Crippen LogP) is 5.17. The van der Waals surface area contributed by atoms with Crippen LogP contribution >= 0.6 is 0 Å². The van der Waals surface area contributed by atoms with Crippen LogP contribution in [-0.2, 0) is 0 Å². The summed E-state index contributed by atoms with van der Waals surface area (Å²) < 4.78 is 0. The second-order valence-electron chi connectivity index (χ2n) is 5.43. The van der Waals surface area contributed by atoms with Crippen molar-refractivity contribution < 1.29 is 0 Å². The molecular formula is C21H19N. The number of hydrogen-bond acceptors (Lipinski definition) is 1. The van der Waals surface area contributed by atoms with Crippen molar-refractivity contribution in [3.8, 4) is 0 Å². The number of anilines is 1. The van der Waals surface area contributed by atoms with Gasteiger partial charge in [-0.25, -0.2) is 0 Å². The van der Waals surface area contributed by atoms with E-state index in [4.69, 9.17) is 5.73 Å². The molecule has 0 radical (unpaired) electrons. The molecule has 0 aliphatic heterocycles. The van der Waals surface area contributed by atoms with Gasteiger partial charge >= 0.3 is 0 Å². The maximum atomic E-state index is 6.27. The number of rotatable bonds is 3. The molecule has 1 nitrogen and oxygen atoms in total. The van der Waals surface area contributed by atoms with Gasteiger partial charge in [0.1, 0.15) is 0 Å². The molecule has 0 aromatic heterocycles. The van der Waals surface area contributed by atoms with Gasteiger partial charge in [-0.05, 0) is 41.3 Å². The third kappa shape index (κ3) is 3.09. The lowest BCUT2D eigenvalue weighted by Crippen LogP contribution is -1.96. The van der Waals surface area contributed by atoms with E-state index < -0.39 is 0 Å². The average molecular weight is 285 g/mol. The number of nitrogens with two attached hydrogens (primary N) is 1. The van der Waals surface area contributed by atoms with Gasteiger partial charge in [-0.15, -0.1) is 0 Å². The minimum absolute atomic E-state index is 0.811. The van der Waals surface area contributed by atoms with Crippen LogP contribution in [-0.4, -0.2) is 0 Å². The minimum atomic E-state index is 0.811. The van der Waals surface area contributed by atoms with E-state index in [2.05, 4.69) is 61.5 Å². The summed E-state index contributed by atoms with van der Waals surface area (Å²) in [7, 11) is 0. The third-order valence-electron chi connectivity index (χ3n) is 3.69. The molecule has 108 valence electrons. The summed E-state index contributed by atoms with van der Waals surface area (Å²) in [5.74, 6) is 0. The molecule has 0 saturated heterocycles. The van der Waals surface area contributed by atoms with Crippen molar-refractivity contribution >= 4 is 17.3 Å². The summed E-state index contributed by atoms with van der Waals surface area (Å²) in [4.78, 5) is 0. The quantitative estimate of drug-likeness (QED) is 0.521. The fourth-order valence-electron chi connectivity index (χ4n) is 2.58. The lowest BCUT2D eigenvalue weighted by molar-refractivity contribution is 1.45. The van der Waals surface area contributed by atoms with Crippen LogP contribution in [0, 0.1) is 6.92 Å². The normalized spacial score (nSPS) is 11.4. The van der Waals surface area contributed by atoms with Crippen molar-refractivity contribution in [2.75, 3.05) is 5.73 Å². The summed E-state index contributed by atoms with van der Waals surface area (Å²) in [6, 6.07) is 26.9. The topological polar surface area (TPSA) is 26.0 Å². The molecule has 0 spiro atoms. The van der Waals surface area contributed by atoms with Crippen molar-refractivity contribution in [3.63, 3.8) is 0 Å². The number of nitrogen functional groups attached to an aromatic ring is 1. The van der Waals surface area contributed by atoms with Gasteiger partial charge in [0.2, 0.25) is 0 Å². The van der Waals surface area contributed by atoms with Gasteiger partial charge in [0.15, 0.2) is 0 Å². The minimum Gasteiger partial charge on any atom is -0.398 e. The maximum Gasteiger partial charge on any atom is 0.0396 e. The number of hydrogen-bond donors (Lipinski definition) is 1. The summed E-state index contributed by atoms with van der Waals surface area (Å²) >= 11 is 0. The SMILES string of the molecule is Cc1ccc(/C(=C/c2ccccc2)c2ccccc2)c(N)c1. The van der Waals surface area contributed by atoms with Gasteiger partial charge in [0, 0.05) is 11.3 Å². The van der Waals surface area contributed by atoms with Crippen molar-refractivity contribution in [2.45, 2.75) is 6.92 Å². The zero-order valence-corrected chi connectivity index (χ0v) is 12.7. The van der Waals surface area contributed by atoms with E-state index in [0.29, 0.717) is 0 Å². The van der Waals surface area contributed by atoms with E-state index in [1.165, 1.54) is 16.7 Å². The van der Waals surface area contributed by atoms with Crippen LogP contribution in [0.3, 0.4) is 0 Å². The Morgan fingerprint density at radius 2 is 1.45 bits per heavy atom. The van der Waals surface area contributed by atoms with Gasteiger partial charge in [-0.3, -0.25) is 0 Å². The van der Waals surface area contributed by atoms with Crippen LogP contribution in [0.1, 0.15) is 22.3 Å². The van der Waals surface area contributed by atoms with Crippen molar-refractivity contribution in [2.24, 2.45) is 0 Å². The van der Waals surface area contributed by atoms with Gasteiger partial charge in [-0.2, -0.15) is 0 Å². The fraction of sp³-hybridized carbons (Fsp3) is 0.0476. The van der Waals surface area contributed by atoms with Crippen LogP contribution in [0.2, 0.25) is 0 Å². The Kier molecular flexibility index (Phi) is 4.06. The highest BCUT2D eigenvalue weighted by atomic mass is 14.6. The van der Waals surface area contributed by atoms with E-state index in [1.54, 1.807) is 0 Å². The average Bonchev–Trinajstić information content (AvgIpc) is 2.55. The third-order valence-corrected chi connectivity index (χ3v) is 3.69. The van der Waals surface area contributed by atoms with Gasteiger partial charge in [-0.1, -0.05) is 72.8 Å². The first kappa shape index (κ1) is 14.2. The largest absolute Gasteiger partial charge is 0.398 e. The molecule has 3 aromatic carbocycles. The molecule has 0 aliphatic carbocycles. The highest BCUT2D eigenvalue weighted by Gasteiger charge is 2.08. The Labute approximate surface area is 131 Å². The molecule has 3 aromatic rings. The van der Waals surface area contributed by atoms with Crippen LogP contribution in [0.15, 0.2) is 78.9 Å². The van der Waals surface area contributed by atoms with E-state index in [9.17, 15) is 0 Å². The van der Waals surface area contributed by atoms with Crippen LogP contribution in [0.25, 0.3) is 11.6 Å². The van der Waals surface area contributed by atoms with E-state index in [-0.39, 0.29) is 0 Å². The summed E-state index contributed by atoms with van der Waals surface area (Å²) in [5, 5.41) is 0. The van der Waals surface area contributed by atoms with E-state index >= 15 is 0 Å². The molecule has 22 heavy (non-hydrogen) atoms. The summed E-state index contributed by atoms with van der Waals surface area (Å²) in [6.07, 6.45) is 2.19. The highest BCUT2D eigenvalue weighted by molar-refractivity contribution is 5.95. The smallest absolute Gasteiger partial charge is 0.0396 e. The zero-order chi connectivity index (χ0) is 15.4. The van der Waals surface area contributed by atoms with E-state index in [0.717, 1.165) is 16.8 Å². The van der Waals surface area contributed by atoms with Crippen LogP contribution in [0.5, 0.6) is 0 Å². The van der Waals surface area contributed by atoms with Gasteiger partial charge < -0.3 is 5.73 Å². The fourth-order valence-corrected chi connectivity index (χ4v) is 2.58. The van der Waals surface area contributed by atoms with Crippen molar-refractivity contribution in [1.29, 1.82) is 0 Å².